The summed E-state index contributed by atoms with van der Waals surface area (Å²) in [4.78, 5) is 34.0. The van der Waals surface area contributed by atoms with E-state index in [0.29, 0.717) is 0 Å². The van der Waals surface area contributed by atoms with Crippen LogP contribution in [0.1, 0.15) is 23.7 Å². The molecule has 0 N–H and O–H groups in total. The summed E-state index contributed by atoms with van der Waals surface area (Å²) in [7, 11) is 0. The number of hydrogen-bond donors (Lipinski definition) is 0. The first-order chi connectivity index (χ1) is 8.06. The van der Waals surface area contributed by atoms with Gasteiger partial charge in [-0.25, -0.2) is 4.79 Å². The van der Waals surface area contributed by atoms with E-state index in [1.807, 2.05) is 0 Å². The molecule has 0 aliphatic carbocycles. The van der Waals surface area contributed by atoms with Crippen LogP contribution in [-0.4, -0.2) is 24.1 Å². The maximum atomic E-state index is 11.7. The molecule has 0 aromatic heterocycles. The van der Waals surface area contributed by atoms with Crippen molar-refractivity contribution < 1.29 is 19.1 Å². The molecule has 0 fully saturated rings. The number of rotatable bonds is 5. The van der Waals surface area contributed by atoms with E-state index in [1.165, 1.54) is 6.07 Å². The van der Waals surface area contributed by atoms with Gasteiger partial charge in [-0.1, -0.05) is 23.7 Å². The number of carbonyl (C=O) groups excluding carboxylic acids is 3. The number of benzene rings is 1. The Morgan fingerprint density at radius 1 is 1.24 bits per heavy atom. The van der Waals surface area contributed by atoms with Crippen LogP contribution in [0.15, 0.2) is 24.3 Å². The van der Waals surface area contributed by atoms with Gasteiger partial charge in [0.05, 0.1) is 18.1 Å². The second-order valence-corrected chi connectivity index (χ2v) is 3.63. The molecule has 0 saturated carbocycles. The summed E-state index contributed by atoms with van der Waals surface area (Å²) in [5.41, 5.74) is 0.229. The number of hydrogen-bond acceptors (Lipinski definition) is 4. The Hall–Kier alpha value is -1.68. The Balaban J connectivity index is 2.71. The third-order valence-electron chi connectivity index (χ3n) is 2.00. The van der Waals surface area contributed by atoms with Crippen molar-refractivity contribution in [2.75, 3.05) is 6.61 Å². The quantitative estimate of drug-likeness (QED) is 0.349. The summed E-state index contributed by atoms with van der Waals surface area (Å²) in [6, 6.07) is 6.35. The summed E-state index contributed by atoms with van der Waals surface area (Å²) in [6.45, 7) is 1.69. The Morgan fingerprint density at radius 3 is 2.47 bits per heavy atom. The fraction of sp³-hybridized carbons (Fsp3) is 0.250. The minimum Gasteiger partial charge on any atom is -0.460 e. The molecule has 5 heteroatoms. The van der Waals surface area contributed by atoms with Crippen molar-refractivity contribution in [1.29, 1.82) is 0 Å². The number of ether oxygens (including phenoxy) is 1. The van der Waals surface area contributed by atoms with Gasteiger partial charge in [0.15, 0.2) is 5.78 Å². The summed E-state index contributed by atoms with van der Waals surface area (Å²) in [6.07, 6.45) is -0.525. The zero-order valence-electron chi connectivity index (χ0n) is 9.23. The predicted molar refractivity (Wildman–Crippen MR) is 62.0 cm³/mol. The van der Waals surface area contributed by atoms with Gasteiger partial charge in [-0.05, 0) is 19.1 Å². The van der Waals surface area contributed by atoms with Crippen LogP contribution in [0, 0.1) is 0 Å². The van der Waals surface area contributed by atoms with E-state index in [0.717, 1.165) is 0 Å². The molecule has 0 unspecified atom stereocenters. The highest BCUT2D eigenvalue weighted by Gasteiger charge is 2.20. The summed E-state index contributed by atoms with van der Waals surface area (Å²) in [5, 5.41) is 0.258. The predicted octanol–water partition coefficient (Wildman–Crippen LogP) is 2.04. The number of esters is 1. The van der Waals surface area contributed by atoms with E-state index in [4.69, 9.17) is 11.6 Å². The topological polar surface area (TPSA) is 60.4 Å². The van der Waals surface area contributed by atoms with Crippen molar-refractivity contribution in [3.63, 3.8) is 0 Å². The molecular weight excluding hydrogens is 244 g/mol. The van der Waals surface area contributed by atoms with Crippen LogP contribution in [0.2, 0.25) is 5.02 Å². The fourth-order valence-electron chi connectivity index (χ4n) is 1.21. The molecule has 0 aliphatic rings. The lowest BCUT2D eigenvalue weighted by molar-refractivity contribution is -0.153. The molecule has 0 atom stereocenters. The van der Waals surface area contributed by atoms with Crippen molar-refractivity contribution in [3.05, 3.63) is 34.9 Å². The molecule has 0 saturated heterocycles. The number of carbonyl (C=O) groups is 3. The Kier molecular flexibility index (Phi) is 4.84. The van der Waals surface area contributed by atoms with Gasteiger partial charge in [0.2, 0.25) is 5.78 Å². The van der Waals surface area contributed by atoms with E-state index in [9.17, 15) is 14.4 Å². The highest BCUT2D eigenvalue weighted by Crippen LogP contribution is 2.16. The lowest BCUT2D eigenvalue weighted by Crippen LogP contribution is -2.20. The van der Waals surface area contributed by atoms with Gasteiger partial charge in [-0.3, -0.25) is 9.59 Å². The van der Waals surface area contributed by atoms with Gasteiger partial charge >= 0.3 is 5.97 Å². The normalized spacial score (nSPS) is 9.76. The molecule has 1 rings (SSSR count). The molecule has 0 heterocycles. The minimum absolute atomic E-state index is 0.102. The van der Waals surface area contributed by atoms with Gasteiger partial charge in [0, 0.05) is 5.56 Å². The van der Waals surface area contributed by atoms with Gasteiger partial charge in [-0.15, -0.1) is 0 Å². The molecule has 0 amide bonds. The second kappa shape index (κ2) is 6.15. The average Bonchev–Trinajstić information content (AvgIpc) is 2.29. The van der Waals surface area contributed by atoms with Crippen LogP contribution in [0.25, 0.3) is 0 Å². The molecule has 0 bridgehead atoms. The molecule has 4 nitrogen and oxygen atoms in total. The molecule has 17 heavy (non-hydrogen) atoms. The van der Waals surface area contributed by atoms with E-state index >= 15 is 0 Å². The zero-order valence-corrected chi connectivity index (χ0v) is 9.99. The van der Waals surface area contributed by atoms with E-state index in [2.05, 4.69) is 4.74 Å². The highest BCUT2D eigenvalue weighted by molar-refractivity contribution is 6.40. The summed E-state index contributed by atoms with van der Waals surface area (Å²) >= 11 is 5.79. The van der Waals surface area contributed by atoms with Gasteiger partial charge in [-0.2, -0.15) is 0 Å². The van der Waals surface area contributed by atoms with Gasteiger partial charge in [0.25, 0.3) is 0 Å². The zero-order chi connectivity index (χ0) is 12.8. The monoisotopic (exact) mass is 254 g/mol. The lowest BCUT2D eigenvalue weighted by Gasteiger charge is -2.02. The molecule has 0 aliphatic heterocycles. The van der Waals surface area contributed by atoms with Gasteiger partial charge < -0.3 is 4.74 Å². The Morgan fingerprint density at radius 2 is 1.88 bits per heavy atom. The first-order valence-corrected chi connectivity index (χ1v) is 5.41. The first-order valence-electron chi connectivity index (χ1n) is 5.04. The standard InChI is InChI=1S/C12H11ClO4/c1-2-17-12(16)11(15)7-10(14)8-5-3-4-6-9(8)13/h3-6H,2,7H2,1H3. The smallest absolute Gasteiger partial charge is 0.375 e. The summed E-state index contributed by atoms with van der Waals surface area (Å²) < 4.78 is 4.50. The molecule has 0 spiro atoms. The van der Waals surface area contributed by atoms with Crippen LogP contribution < -0.4 is 0 Å². The Bertz CT molecular complexity index is 454. The van der Waals surface area contributed by atoms with Crippen molar-refractivity contribution in [2.24, 2.45) is 0 Å². The van der Waals surface area contributed by atoms with Gasteiger partial charge in [0.1, 0.15) is 0 Å². The van der Waals surface area contributed by atoms with E-state index < -0.39 is 24.0 Å². The van der Waals surface area contributed by atoms with Crippen LogP contribution >= 0.6 is 11.6 Å². The highest BCUT2D eigenvalue weighted by atomic mass is 35.5. The average molecular weight is 255 g/mol. The largest absolute Gasteiger partial charge is 0.460 e. The lowest BCUT2D eigenvalue weighted by atomic mass is 10.1. The second-order valence-electron chi connectivity index (χ2n) is 3.22. The fourth-order valence-corrected chi connectivity index (χ4v) is 1.45. The number of ketones is 2. The molecule has 0 radical (unpaired) electrons. The van der Waals surface area contributed by atoms with Crippen LogP contribution in [0.5, 0.6) is 0 Å². The molecule has 1 aromatic rings. The van der Waals surface area contributed by atoms with E-state index in [1.54, 1.807) is 25.1 Å². The Labute approximate surface area is 104 Å². The number of halogens is 1. The van der Waals surface area contributed by atoms with Crippen LogP contribution in [0.3, 0.4) is 0 Å². The minimum atomic E-state index is -0.993. The van der Waals surface area contributed by atoms with Crippen molar-refractivity contribution in [3.8, 4) is 0 Å². The third-order valence-corrected chi connectivity index (χ3v) is 2.33. The summed E-state index contributed by atoms with van der Waals surface area (Å²) in [5.74, 6) is -2.35. The number of Topliss-reactive ketones (excluding diaryl/α,β-unsaturated/α-hetero) is 2. The molecule has 90 valence electrons. The maximum absolute atomic E-state index is 11.7. The van der Waals surface area contributed by atoms with Crippen molar-refractivity contribution in [1.82, 2.24) is 0 Å². The third kappa shape index (κ3) is 3.67. The maximum Gasteiger partial charge on any atom is 0.375 e. The van der Waals surface area contributed by atoms with Crippen molar-refractivity contribution >= 4 is 29.1 Å². The first kappa shape index (κ1) is 13.4. The SMILES string of the molecule is CCOC(=O)C(=O)CC(=O)c1ccccc1Cl. The van der Waals surface area contributed by atoms with Crippen LogP contribution in [0.4, 0.5) is 0 Å². The molecular formula is C12H11ClO4. The van der Waals surface area contributed by atoms with E-state index in [-0.39, 0.29) is 17.2 Å². The van der Waals surface area contributed by atoms with Crippen LogP contribution in [-0.2, 0) is 14.3 Å². The molecule has 1 aromatic carbocycles. The van der Waals surface area contributed by atoms with Crippen molar-refractivity contribution in [2.45, 2.75) is 13.3 Å².